The summed E-state index contributed by atoms with van der Waals surface area (Å²) in [5, 5.41) is 2.52. The normalized spacial score (nSPS) is 10.2. The molecule has 1 aromatic heterocycles. The summed E-state index contributed by atoms with van der Waals surface area (Å²) < 4.78 is 14.5. The minimum absolute atomic E-state index is 0.157. The number of nitrogens with one attached hydrogen (secondary N) is 1. The van der Waals surface area contributed by atoms with Gasteiger partial charge in [0, 0.05) is 22.4 Å². The molecule has 0 aliphatic rings. The van der Waals surface area contributed by atoms with Crippen LogP contribution >= 0.6 is 15.9 Å². The summed E-state index contributed by atoms with van der Waals surface area (Å²) in [7, 11) is 0. The first-order valence-corrected chi connectivity index (χ1v) is 6.05. The van der Waals surface area contributed by atoms with Gasteiger partial charge in [-0.2, -0.15) is 0 Å². The first-order valence-electron chi connectivity index (χ1n) is 5.25. The van der Waals surface area contributed by atoms with Crippen LogP contribution in [-0.4, -0.2) is 10.9 Å². The van der Waals surface area contributed by atoms with Crippen molar-refractivity contribution in [1.82, 2.24) is 4.98 Å². The summed E-state index contributed by atoms with van der Waals surface area (Å²) >= 11 is 3.23. The van der Waals surface area contributed by atoms with Gasteiger partial charge in [0.05, 0.1) is 11.3 Å². The van der Waals surface area contributed by atoms with Crippen molar-refractivity contribution in [3.8, 4) is 0 Å². The lowest BCUT2D eigenvalue weighted by atomic mass is 10.2. The molecule has 0 unspecified atom stereocenters. The fourth-order valence-electron chi connectivity index (χ4n) is 1.45. The van der Waals surface area contributed by atoms with E-state index in [1.165, 1.54) is 12.3 Å². The molecule has 1 heterocycles. The Hall–Kier alpha value is -1.75. The lowest BCUT2D eigenvalue weighted by Crippen LogP contribution is -2.13. The maximum absolute atomic E-state index is 13.9. The monoisotopic (exact) mass is 308 g/mol. The van der Waals surface area contributed by atoms with Crippen LogP contribution in [0.2, 0.25) is 0 Å². The van der Waals surface area contributed by atoms with Gasteiger partial charge in [0.1, 0.15) is 0 Å². The van der Waals surface area contributed by atoms with Crippen molar-refractivity contribution in [3.63, 3.8) is 0 Å². The molecule has 92 valence electrons. The van der Waals surface area contributed by atoms with Crippen LogP contribution in [0.4, 0.5) is 10.1 Å². The van der Waals surface area contributed by atoms with E-state index >= 15 is 0 Å². The van der Waals surface area contributed by atoms with Gasteiger partial charge in [0.25, 0.3) is 5.91 Å². The molecule has 0 fully saturated rings. The molecule has 0 aliphatic carbocycles. The van der Waals surface area contributed by atoms with Crippen molar-refractivity contribution < 1.29 is 9.18 Å². The van der Waals surface area contributed by atoms with Gasteiger partial charge in [0.15, 0.2) is 5.82 Å². The van der Waals surface area contributed by atoms with Crippen LogP contribution in [0.5, 0.6) is 0 Å². The summed E-state index contributed by atoms with van der Waals surface area (Å²) in [6.07, 6.45) is 3.00. The molecule has 5 heteroatoms. The van der Waals surface area contributed by atoms with Crippen molar-refractivity contribution in [1.29, 1.82) is 0 Å². The maximum Gasteiger partial charge on any atom is 0.257 e. The lowest BCUT2D eigenvalue weighted by molar-refractivity contribution is 0.102. The number of carbonyl (C=O) groups is 1. The Bertz CT molecular complexity index is 587. The number of aromatic nitrogens is 1. The molecule has 2 rings (SSSR count). The largest absolute Gasteiger partial charge is 0.319 e. The molecule has 3 nitrogen and oxygen atoms in total. The van der Waals surface area contributed by atoms with Crippen LogP contribution in [0.15, 0.2) is 41.1 Å². The van der Waals surface area contributed by atoms with Crippen molar-refractivity contribution >= 4 is 27.5 Å². The first kappa shape index (κ1) is 12.7. The van der Waals surface area contributed by atoms with Crippen LogP contribution in [0.1, 0.15) is 15.9 Å². The van der Waals surface area contributed by atoms with Gasteiger partial charge in [-0.3, -0.25) is 9.78 Å². The molecule has 0 radical (unpaired) electrons. The van der Waals surface area contributed by atoms with E-state index in [4.69, 9.17) is 0 Å². The third kappa shape index (κ3) is 2.56. The van der Waals surface area contributed by atoms with Crippen LogP contribution in [-0.2, 0) is 0 Å². The zero-order valence-corrected chi connectivity index (χ0v) is 11.2. The predicted molar refractivity (Wildman–Crippen MR) is 71.0 cm³/mol. The fraction of sp³-hybridized carbons (Fsp3) is 0.0769. The summed E-state index contributed by atoms with van der Waals surface area (Å²) in [5.74, 6) is -0.828. The Morgan fingerprint density at radius 3 is 2.83 bits per heavy atom. The third-order valence-electron chi connectivity index (χ3n) is 2.49. The molecule has 0 spiro atoms. The summed E-state index contributed by atoms with van der Waals surface area (Å²) in [5.41, 5.74) is 1.00. The van der Waals surface area contributed by atoms with E-state index < -0.39 is 5.82 Å². The molecule has 1 amide bonds. The van der Waals surface area contributed by atoms with Crippen molar-refractivity contribution in [2.24, 2.45) is 0 Å². The van der Waals surface area contributed by atoms with Gasteiger partial charge < -0.3 is 5.32 Å². The average Bonchev–Trinajstić information content (AvgIpc) is 2.40. The Morgan fingerprint density at radius 1 is 1.39 bits per heavy atom. The molecular weight excluding hydrogens is 299 g/mol. The Balaban J connectivity index is 2.26. The van der Waals surface area contributed by atoms with Crippen LogP contribution in [0.25, 0.3) is 0 Å². The second-order valence-corrected chi connectivity index (χ2v) is 4.58. The molecule has 2 aromatic rings. The highest BCUT2D eigenvalue weighted by Crippen LogP contribution is 2.25. The maximum atomic E-state index is 13.9. The zero-order chi connectivity index (χ0) is 13.1. The third-order valence-corrected chi connectivity index (χ3v) is 3.35. The minimum Gasteiger partial charge on any atom is -0.319 e. The van der Waals surface area contributed by atoms with E-state index in [1.807, 2.05) is 0 Å². The molecule has 1 N–H and O–H groups in total. The number of anilines is 1. The van der Waals surface area contributed by atoms with Crippen molar-refractivity contribution in [2.75, 3.05) is 5.32 Å². The van der Waals surface area contributed by atoms with Gasteiger partial charge in [-0.05, 0) is 31.2 Å². The minimum atomic E-state index is -0.443. The Kier molecular flexibility index (Phi) is 3.72. The summed E-state index contributed by atoms with van der Waals surface area (Å²) in [6, 6.07) is 6.47. The van der Waals surface area contributed by atoms with Crippen molar-refractivity contribution in [3.05, 3.63) is 58.1 Å². The standard InChI is InChI=1S/C13H10BrFN2O/c1-8-10(14)4-5-11(12(8)15)17-13(18)9-3-2-6-16-7-9/h2-7H,1H3,(H,17,18). The fourth-order valence-corrected chi connectivity index (χ4v) is 1.76. The molecule has 0 saturated heterocycles. The van der Waals surface area contributed by atoms with Gasteiger partial charge in [0.2, 0.25) is 0 Å². The quantitative estimate of drug-likeness (QED) is 0.922. The van der Waals surface area contributed by atoms with E-state index in [9.17, 15) is 9.18 Å². The molecule has 1 aromatic carbocycles. The molecule has 18 heavy (non-hydrogen) atoms. The highest BCUT2D eigenvalue weighted by atomic mass is 79.9. The van der Waals surface area contributed by atoms with Gasteiger partial charge in [-0.15, -0.1) is 0 Å². The SMILES string of the molecule is Cc1c(Br)ccc(NC(=O)c2cccnc2)c1F. The number of rotatable bonds is 2. The summed E-state index contributed by atoms with van der Waals surface area (Å²) in [6.45, 7) is 1.64. The predicted octanol–water partition coefficient (Wildman–Crippen LogP) is 3.54. The van der Waals surface area contributed by atoms with E-state index in [0.717, 1.165) is 0 Å². The topological polar surface area (TPSA) is 42.0 Å². The number of pyridine rings is 1. The average molecular weight is 309 g/mol. The number of carbonyl (C=O) groups excluding carboxylic acids is 1. The van der Waals surface area contributed by atoms with Crippen LogP contribution in [0.3, 0.4) is 0 Å². The lowest BCUT2D eigenvalue weighted by Gasteiger charge is -2.09. The summed E-state index contributed by atoms with van der Waals surface area (Å²) in [4.78, 5) is 15.7. The number of nitrogens with zero attached hydrogens (tertiary/aromatic N) is 1. The van der Waals surface area contributed by atoms with Crippen LogP contribution < -0.4 is 5.32 Å². The molecular formula is C13H10BrFN2O. The van der Waals surface area contributed by atoms with Crippen LogP contribution in [0, 0.1) is 12.7 Å². The van der Waals surface area contributed by atoms with E-state index in [-0.39, 0.29) is 11.6 Å². The van der Waals surface area contributed by atoms with E-state index in [0.29, 0.717) is 15.6 Å². The zero-order valence-electron chi connectivity index (χ0n) is 9.58. The number of amides is 1. The number of benzene rings is 1. The number of hydrogen-bond donors (Lipinski definition) is 1. The first-order chi connectivity index (χ1) is 8.59. The molecule has 0 atom stereocenters. The van der Waals surface area contributed by atoms with Crippen molar-refractivity contribution in [2.45, 2.75) is 6.92 Å². The van der Waals surface area contributed by atoms with Gasteiger partial charge in [-0.1, -0.05) is 15.9 Å². The second kappa shape index (κ2) is 5.27. The number of hydrogen-bond acceptors (Lipinski definition) is 2. The highest BCUT2D eigenvalue weighted by molar-refractivity contribution is 9.10. The van der Waals surface area contributed by atoms with Gasteiger partial charge >= 0.3 is 0 Å². The van der Waals surface area contributed by atoms with Gasteiger partial charge in [-0.25, -0.2) is 4.39 Å². The van der Waals surface area contributed by atoms with E-state index in [1.54, 1.807) is 31.3 Å². The smallest absolute Gasteiger partial charge is 0.257 e. The second-order valence-electron chi connectivity index (χ2n) is 3.73. The van der Waals surface area contributed by atoms with E-state index in [2.05, 4.69) is 26.2 Å². The number of halogens is 2. The Morgan fingerprint density at radius 2 is 2.17 bits per heavy atom. The molecule has 0 bridgehead atoms. The Labute approximate surface area is 112 Å². The highest BCUT2D eigenvalue weighted by Gasteiger charge is 2.12. The molecule has 0 aliphatic heterocycles. The molecule has 0 saturated carbocycles.